The van der Waals surface area contributed by atoms with Gasteiger partial charge in [0.25, 0.3) is 5.91 Å². The molecule has 1 unspecified atom stereocenters. The fraction of sp³-hybridized carbons (Fsp3) is 0.500. The maximum atomic E-state index is 12.2. The number of carbonyl (C=O) groups is 2. The molecule has 5 heteroatoms. The van der Waals surface area contributed by atoms with Crippen molar-refractivity contribution in [2.24, 2.45) is 0 Å². The molecular formula is C16H21NO4. The summed E-state index contributed by atoms with van der Waals surface area (Å²) in [7, 11) is 1.34. The number of carbonyl (C=O) groups excluding carboxylic acids is 2. The van der Waals surface area contributed by atoms with Gasteiger partial charge < -0.3 is 14.4 Å². The number of likely N-dealkylation sites (tertiary alicyclic amines) is 1. The summed E-state index contributed by atoms with van der Waals surface area (Å²) in [5.74, 6) is 0.148. The fourth-order valence-electron chi connectivity index (χ4n) is 2.53. The van der Waals surface area contributed by atoms with E-state index in [0.717, 1.165) is 18.4 Å². The van der Waals surface area contributed by atoms with E-state index in [9.17, 15) is 9.59 Å². The molecule has 0 saturated carbocycles. The standard InChI is InChI=1S/C16H21NO4/c1-3-12-6-4-7-13(10-12)21-11-15(18)17-9-5-8-14(17)16(19)20-2/h4,6-7,10,14H,3,5,8-9,11H2,1-2H3. The molecule has 0 N–H and O–H groups in total. The molecule has 21 heavy (non-hydrogen) atoms. The van der Waals surface area contributed by atoms with Crippen LogP contribution in [0.1, 0.15) is 25.3 Å². The first-order valence-electron chi connectivity index (χ1n) is 7.24. The summed E-state index contributed by atoms with van der Waals surface area (Å²) in [6, 6.07) is 7.21. The fourth-order valence-corrected chi connectivity index (χ4v) is 2.53. The van der Waals surface area contributed by atoms with E-state index in [1.807, 2.05) is 24.3 Å². The largest absolute Gasteiger partial charge is 0.484 e. The average Bonchev–Trinajstić information content (AvgIpc) is 3.01. The second-order valence-corrected chi connectivity index (χ2v) is 5.06. The Bertz CT molecular complexity index is 515. The van der Waals surface area contributed by atoms with Gasteiger partial charge in [-0.15, -0.1) is 0 Å². The van der Waals surface area contributed by atoms with Crippen LogP contribution in [-0.2, 0) is 20.7 Å². The van der Waals surface area contributed by atoms with Gasteiger partial charge in [0, 0.05) is 6.54 Å². The molecule has 1 aliphatic rings. The van der Waals surface area contributed by atoms with Crippen LogP contribution in [0.15, 0.2) is 24.3 Å². The Kier molecular flexibility index (Phi) is 5.20. The number of rotatable bonds is 5. The Labute approximate surface area is 124 Å². The van der Waals surface area contributed by atoms with Crippen LogP contribution in [0.2, 0.25) is 0 Å². The van der Waals surface area contributed by atoms with Crippen LogP contribution in [-0.4, -0.2) is 43.1 Å². The molecule has 114 valence electrons. The van der Waals surface area contributed by atoms with Crippen molar-refractivity contribution in [1.29, 1.82) is 0 Å². The third-order valence-electron chi connectivity index (χ3n) is 3.72. The third kappa shape index (κ3) is 3.74. The SMILES string of the molecule is CCc1cccc(OCC(=O)N2CCCC2C(=O)OC)c1. The lowest BCUT2D eigenvalue weighted by Gasteiger charge is -2.22. The van der Waals surface area contributed by atoms with E-state index in [2.05, 4.69) is 6.92 Å². The van der Waals surface area contributed by atoms with Gasteiger partial charge in [-0.1, -0.05) is 19.1 Å². The van der Waals surface area contributed by atoms with Crippen molar-refractivity contribution in [2.75, 3.05) is 20.3 Å². The van der Waals surface area contributed by atoms with Crippen molar-refractivity contribution in [3.8, 4) is 5.75 Å². The molecule has 0 spiro atoms. The maximum Gasteiger partial charge on any atom is 0.328 e. The monoisotopic (exact) mass is 291 g/mol. The minimum absolute atomic E-state index is 0.0549. The Hall–Kier alpha value is -2.04. The van der Waals surface area contributed by atoms with E-state index in [0.29, 0.717) is 18.7 Å². The van der Waals surface area contributed by atoms with Crippen molar-refractivity contribution in [3.05, 3.63) is 29.8 Å². The van der Waals surface area contributed by atoms with E-state index >= 15 is 0 Å². The van der Waals surface area contributed by atoms with E-state index in [1.54, 1.807) is 4.90 Å². The lowest BCUT2D eigenvalue weighted by molar-refractivity contribution is -0.151. The molecular weight excluding hydrogens is 270 g/mol. The number of hydrogen-bond donors (Lipinski definition) is 0. The van der Waals surface area contributed by atoms with Gasteiger partial charge in [-0.05, 0) is 37.0 Å². The first-order chi connectivity index (χ1) is 10.2. The van der Waals surface area contributed by atoms with Crippen LogP contribution in [0.4, 0.5) is 0 Å². The van der Waals surface area contributed by atoms with Crippen LogP contribution in [0.3, 0.4) is 0 Å². The van der Waals surface area contributed by atoms with Crippen molar-refractivity contribution < 1.29 is 19.1 Å². The minimum atomic E-state index is -0.465. The Balaban J connectivity index is 1.93. The van der Waals surface area contributed by atoms with Crippen molar-refractivity contribution in [1.82, 2.24) is 4.90 Å². The van der Waals surface area contributed by atoms with Gasteiger partial charge in [0.15, 0.2) is 6.61 Å². The van der Waals surface area contributed by atoms with Crippen LogP contribution in [0.5, 0.6) is 5.75 Å². The van der Waals surface area contributed by atoms with Gasteiger partial charge in [-0.2, -0.15) is 0 Å². The highest BCUT2D eigenvalue weighted by Crippen LogP contribution is 2.19. The van der Waals surface area contributed by atoms with Crippen LogP contribution >= 0.6 is 0 Å². The highest BCUT2D eigenvalue weighted by atomic mass is 16.5. The molecule has 0 aliphatic carbocycles. The molecule has 1 aliphatic heterocycles. The van der Waals surface area contributed by atoms with Gasteiger partial charge >= 0.3 is 5.97 Å². The predicted octanol–water partition coefficient (Wildman–Crippen LogP) is 1.79. The molecule has 0 radical (unpaired) electrons. The molecule has 1 aromatic carbocycles. The Morgan fingerprint density at radius 2 is 2.19 bits per heavy atom. The highest BCUT2D eigenvalue weighted by Gasteiger charge is 2.34. The molecule has 1 amide bonds. The quantitative estimate of drug-likeness (QED) is 0.776. The molecule has 1 fully saturated rings. The van der Waals surface area contributed by atoms with E-state index in [4.69, 9.17) is 9.47 Å². The number of hydrogen-bond acceptors (Lipinski definition) is 4. The summed E-state index contributed by atoms with van der Waals surface area (Å²) in [6.45, 7) is 2.59. The smallest absolute Gasteiger partial charge is 0.328 e. The van der Waals surface area contributed by atoms with Gasteiger partial charge in [0.05, 0.1) is 7.11 Å². The number of aryl methyl sites for hydroxylation is 1. The third-order valence-corrected chi connectivity index (χ3v) is 3.72. The van der Waals surface area contributed by atoms with Crippen LogP contribution in [0.25, 0.3) is 0 Å². The van der Waals surface area contributed by atoms with Gasteiger partial charge in [-0.25, -0.2) is 4.79 Å². The van der Waals surface area contributed by atoms with Crippen molar-refractivity contribution >= 4 is 11.9 Å². The predicted molar refractivity (Wildman–Crippen MR) is 78.1 cm³/mol. The summed E-state index contributed by atoms with van der Waals surface area (Å²) in [6.07, 6.45) is 2.39. The summed E-state index contributed by atoms with van der Waals surface area (Å²) in [5, 5.41) is 0. The summed E-state index contributed by atoms with van der Waals surface area (Å²) >= 11 is 0. The zero-order valence-electron chi connectivity index (χ0n) is 12.5. The molecule has 1 saturated heterocycles. The average molecular weight is 291 g/mol. The van der Waals surface area contributed by atoms with Crippen molar-refractivity contribution in [2.45, 2.75) is 32.2 Å². The Morgan fingerprint density at radius 1 is 1.38 bits per heavy atom. The second-order valence-electron chi connectivity index (χ2n) is 5.06. The van der Waals surface area contributed by atoms with Gasteiger partial charge in [0.1, 0.15) is 11.8 Å². The second kappa shape index (κ2) is 7.11. The van der Waals surface area contributed by atoms with Crippen LogP contribution in [0, 0.1) is 0 Å². The molecule has 0 bridgehead atoms. The van der Waals surface area contributed by atoms with Gasteiger partial charge in [0.2, 0.25) is 0 Å². The Morgan fingerprint density at radius 3 is 2.90 bits per heavy atom. The lowest BCUT2D eigenvalue weighted by Crippen LogP contribution is -2.43. The zero-order valence-corrected chi connectivity index (χ0v) is 12.5. The minimum Gasteiger partial charge on any atom is -0.484 e. The maximum absolute atomic E-state index is 12.2. The summed E-state index contributed by atoms with van der Waals surface area (Å²) in [4.78, 5) is 25.4. The van der Waals surface area contributed by atoms with Crippen LogP contribution < -0.4 is 4.74 Å². The van der Waals surface area contributed by atoms with Crippen molar-refractivity contribution in [3.63, 3.8) is 0 Å². The summed E-state index contributed by atoms with van der Waals surface area (Å²) < 4.78 is 10.3. The number of esters is 1. The number of benzene rings is 1. The van der Waals surface area contributed by atoms with E-state index in [-0.39, 0.29) is 18.5 Å². The normalized spacial score (nSPS) is 17.6. The molecule has 1 atom stereocenters. The molecule has 2 rings (SSSR count). The number of nitrogens with zero attached hydrogens (tertiary/aromatic N) is 1. The first kappa shape index (κ1) is 15.4. The van der Waals surface area contributed by atoms with E-state index in [1.165, 1.54) is 7.11 Å². The molecule has 5 nitrogen and oxygen atoms in total. The molecule has 1 heterocycles. The number of ether oxygens (including phenoxy) is 2. The molecule has 0 aromatic heterocycles. The van der Waals surface area contributed by atoms with Gasteiger partial charge in [-0.3, -0.25) is 4.79 Å². The topological polar surface area (TPSA) is 55.8 Å². The summed E-state index contributed by atoms with van der Waals surface area (Å²) in [5.41, 5.74) is 1.16. The first-order valence-corrected chi connectivity index (χ1v) is 7.24. The zero-order chi connectivity index (χ0) is 15.2. The lowest BCUT2D eigenvalue weighted by atomic mass is 10.2. The number of amides is 1. The number of methoxy groups -OCH3 is 1. The molecule has 1 aromatic rings. The highest BCUT2D eigenvalue weighted by molar-refractivity contribution is 5.85. The van der Waals surface area contributed by atoms with E-state index < -0.39 is 6.04 Å².